The van der Waals surface area contributed by atoms with E-state index in [1.165, 1.54) is 0 Å². The molecular formula is C34H31AlO7. The molecular weight excluding hydrogens is 547 g/mol. The molecule has 2 aliphatic carbocycles. The maximum Gasteiger partial charge on any atom is -0.870 e. The first-order valence-corrected chi connectivity index (χ1v) is 15.0. The molecule has 0 radical (unpaired) electrons. The van der Waals surface area contributed by atoms with Crippen molar-refractivity contribution >= 4 is 27.8 Å². The Hall–Kier alpha value is -4.09. The van der Waals surface area contributed by atoms with Crippen molar-refractivity contribution in [3.63, 3.8) is 0 Å². The Morgan fingerprint density at radius 1 is 0.548 bits per heavy atom. The number of carbonyl (C=O) groups excluding carboxylic acids is 2. The summed E-state index contributed by atoms with van der Waals surface area (Å²) >= 11 is -1.28. The van der Waals surface area contributed by atoms with Crippen LogP contribution in [0.5, 0.6) is 23.0 Å². The number of benzene rings is 4. The van der Waals surface area contributed by atoms with Crippen LogP contribution in [0, 0.1) is 11.8 Å². The minimum absolute atomic E-state index is 0. The van der Waals surface area contributed by atoms with Gasteiger partial charge in [-0.25, -0.2) is 0 Å². The van der Waals surface area contributed by atoms with Crippen LogP contribution in [0.15, 0.2) is 109 Å². The van der Waals surface area contributed by atoms with Crippen LogP contribution in [0.3, 0.4) is 0 Å². The van der Waals surface area contributed by atoms with Gasteiger partial charge in [-0.15, -0.1) is 0 Å². The number of hydrogen-bond acceptors (Lipinski definition) is 7. The molecule has 2 aliphatic rings. The first-order valence-electron chi connectivity index (χ1n) is 14.0. The van der Waals surface area contributed by atoms with E-state index in [0.717, 1.165) is 48.3 Å². The SMILES string of the molecule is O=C([O][Al+][O]C(=O)C(c1cccc(Oc2ccccc2)c1)C1CC1)C(c1cccc(Oc2ccccc2)c1)C1CC1.[OH-]. The van der Waals surface area contributed by atoms with E-state index in [1.807, 2.05) is 109 Å². The summed E-state index contributed by atoms with van der Waals surface area (Å²) in [5, 5.41) is 0. The summed E-state index contributed by atoms with van der Waals surface area (Å²) < 4.78 is 23.2. The molecule has 4 aromatic carbocycles. The molecule has 0 saturated heterocycles. The molecule has 2 saturated carbocycles. The molecule has 2 fully saturated rings. The second kappa shape index (κ2) is 13.7. The Labute approximate surface area is 252 Å². The van der Waals surface area contributed by atoms with Gasteiger partial charge in [0.05, 0.1) is 0 Å². The molecule has 0 aromatic heterocycles. The quantitative estimate of drug-likeness (QED) is 0.161. The smallest absolute Gasteiger partial charge is 0.870 e. The van der Waals surface area contributed by atoms with Crippen molar-refractivity contribution in [3.8, 4) is 23.0 Å². The van der Waals surface area contributed by atoms with E-state index in [9.17, 15) is 9.59 Å². The van der Waals surface area contributed by atoms with Crippen LogP contribution in [0.4, 0.5) is 0 Å². The van der Waals surface area contributed by atoms with Gasteiger partial charge in [-0.05, 0) is 0 Å². The molecule has 0 amide bonds. The number of ether oxygens (including phenoxy) is 2. The summed E-state index contributed by atoms with van der Waals surface area (Å²) in [7, 11) is 0. The fourth-order valence-corrected chi connectivity index (χ4v) is 5.65. The van der Waals surface area contributed by atoms with Crippen molar-refractivity contribution in [3.05, 3.63) is 120 Å². The molecule has 1 N–H and O–H groups in total. The van der Waals surface area contributed by atoms with Gasteiger partial charge in [0.2, 0.25) is 0 Å². The van der Waals surface area contributed by atoms with Gasteiger partial charge in [-0.3, -0.25) is 0 Å². The largest absolute Gasteiger partial charge is 0.870 e. The first kappa shape index (κ1) is 29.4. The number of rotatable bonds is 12. The van der Waals surface area contributed by atoms with Gasteiger partial charge in [-0.1, -0.05) is 0 Å². The Kier molecular flexibility index (Phi) is 9.60. The molecule has 6 rings (SSSR count). The van der Waals surface area contributed by atoms with Gasteiger partial charge in [0, 0.05) is 0 Å². The predicted molar refractivity (Wildman–Crippen MR) is 157 cm³/mol. The number of hydrogen-bond donors (Lipinski definition) is 0. The fraction of sp³-hybridized carbons (Fsp3) is 0.235. The van der Waals surface area contributed by atoms with Gasteiger partial charge < -0.3 is 5.48 Å². The summed E-state index contributed by atoms with van der Waals surface area (Å²) in [5.74, 6) is 1.70. The Bertz CT molecular complexity index is 1370. The Balaban J connectivity index is 0.00000353. The van der Waals surface area contributed by atoms with Crippen LogP contribution >= 0.6 is 0 Å². The van der Waals surface area contributed by atoms with Crippen LogP contribution in [-0.2, 0) is 17.2 Å². The number of para-hydroxylation sites is 2. The zero-order valence-corrected chi connectivity index (χ0v) is 24.2. The Morgan fingerprint density at radius 2 is 0.929 bits per heavy atom. The van der Waals surface area contributed by atoms with E-state index in [0.29, 0.717) is 11.5 Å². The molecule has 0 heterocycles. The predicted octanol–water partition coefficient (Wildman–Crippen LogP) is 7.40. The van der Waals surface area contributed by atoms with Gasteiger partial charge in [-0.2, -0.15) is 0 Å². The average molecular weight is 579 g/mol. The second-order valence-corrected chi connectivity index (χ2v) is 11.2. The van der Waals surface area contributed by atoms with E-state index < -0.39 is 27.7 Å². The zero-order chi connectivity index (χ0) is 28.0. The summed E-state index contributed by atoms with van der Waals surface area (Å²) in [6.45, 7) is 0. The van der Waals surface area contributed by atoms with Crippen LogP contribution in [0.1, 0.15) is 48.6 Å². The van der Waals surface area contributed by atoms with Crippen LogP contribution < -0.4 is 9.47 Å². The first-order chi connectivity index (χ1) is 20.1. The summed E-state index contributed by atoms with van der Waals surface area (Å²) in [5.41, 5.74) is 1.70. The normalized spacial score (nSPS) is 15.2. The van der Waals surface area contributed by atoms with Crippen molar-refractivity contribution in [2.24, 2.45) is 11.8 Å². The standard InChI is InChI=1S/2C17H16O3.Al.H2O/c2*18-17(19)16(12-9-10-12)13-5-4-8-15(11-13)20-14-6-2-1-3-7-14;;/h2*1-8,11-12,16H,9-10H2,(H,18,19);;1H2/q;;+3;/p-3. The monoisotopic (exact) mass is 578 g/mol. The van der Waals surface area contributed by atoms with Crippen molar-refractivity contribution in [1.29, 1.82) is 0 Å². The molecule has 7 nitrogen and oxygen atoms in total. The van der Waals surface area contributed by atoms with Gasteiger partial charge in [0.15, 0.2) is 0 Å². The summed E-state index contributed by atoms with van der Waals surface area (Å²) in [6, 6.07) is 34.2. The van der Waals surface area contributed by atoms with Crippen molar-refractivity contribution in [1.82, 2.24) is 0 Å². The maximum absolute atomic E-state index is 13.2. The molecule has 2 atom stereocenters. The fourth-order valence-electron chi connectivity index (χ4n) is 5.12. The Morgan fingerprint density at radius 3 is 1.31 bits per heavy atom. The van der Waals surface area contributed by atoms with E-state index in [-0.39, 0.29) is 29.3 Å². The van der Waals surface area contributed by atoms with Crippen molar-refractivity contribution < 1.29 is 32.1 Å². The molecule has 42 heavy (non-hydrogen) atoms. The third-order valence-electron chi connectivity index (χ3n) is 7.42. The van der Waals surface area contributed by atoms with Crippen molar-refractivity contribution in [2.45, 2.75) is 37.5 Å². The second-order valence-electron chi connectivity index (χ2n) is 10.6. The topological polar surface area (TPSA) is 101 Å². The van der Waals surface area contributed by atoms with E-state index in [2.05, 4.69) is 0 Å². The van der Waals surface area contributed by atoms with E-state index in [4.69, 9.17) is 17.1 Å². The van der Waals surface area contributed by atoms with Gasteiger partial charge >= 0.3 is 247 Å². The summed E-state index contributed by atoms with van der Waals surface area (Å²) in [4.78, 5) is 26.5. The average Bonchev–Trinajstić information content (AvgIpc) is 3.92. The molecule has 8 heteroatoms. The van der Waals surface area contributed by atoms with Crippen LogP contribution in [0.25, 0.3) is 0 Å². The molecule has 0 aliphatic heterocycles. The molecule has 2 unspecified atom stereocenters. The molecule has 212 valence electrons. The molecule has 4 aromatic rings. The van der Waals surface area contributed by atoms with Gasteiger partial charge in [0.25, 0.3) is 0 Å². The van der Waals surface area contributed by atoms with Crippen molar-refractivity contribution in [2.75, 3.05) is 0 Å². The summed E-state index contributed by atoms with van der Waals surface area (Å²) in [6.07, 6.45) is 3.85. The van der Waals surface area contributed by atoms with Crippen LogP contribution in [-0.4, -0.2) is 33.3 Å². The molecule has 0 bridgehead atoms. The maximum atomic E-state index is 13.2. The minimum Gasteiger partial charge on any atom is -0.870 e. The molecule has 0 spiro atoms. The third kappa shape index (κ3) is 7.60. The van der Waals surface area contributed by atoms with Gasteiger partial charge in [0.1, 0.15) is 0 Å². The third-order valence-corrected chi connectivity index (χ3v) is 8.07. The minimum atomic E-state index is -1.28. The number of carbonyl (C=O) groups is 2. The van der Waals surface area contributed by atoms with E-state index >= 15 is 0 Å². The van der Waals surface area contributed by atoms with E-state index in [1.54, 1.807) is 0 Å². The van der Waals surface area contributed by atoms with Crippen LogP contribution in [0.2, 0.25) is 0 Å². The zero-order valence-electron chi connectivity index (χ0n) is 23.0.